The number of rotatable bonds is 4. The predicted molar refractivity (Wildman–Crippen MR) is 84.5 cm³/mol. The first-order valence-electron chi connectivity index (χ1n) is 6.31. The third kappa shape index (κ3) is 3.06. The Morgan fingerprint density at radius 3 is 2.90 bits per heavy atom. The molecule has 6 heteroatoms. The van der Waals surface area contributed by atoms with Crippen molar-refractivity contribution >= 4 is 44.6 Å². The Hall–Kier alpha value is -1.30. The molecule has 1 heterocycles. The molecule has 0 aliphatic heterocycles. The molecule has 108 valence electrons. The second-order valence-electron chi connectivity index (χ2n) is 4.85. The number of halogens is 1. The summed E-state index contributed by atoms with van der Waals surface area (Å²) in [7, 11) is 1.71. The van der Waals surface area contributed by atoms with Crippen LogP contribution in [0.3, 0.4) is 0 Å². The number of thiophene rings is 1. The van der Waals surface area contributed by atoms with Crippen LogP contribution in [-0.2, 0) is 0 Å². The number of anilines is 1. The van der Waals surface area contributed by atoms with E-state index in [1.165, 1.54) is 11.3 Å². The first kappa shape index (κ1) is 15.1. The lowest BCUT2D eigenvalue weighted by Gasteiger charge is -2.17. The SMILES string of the molecule is CC(O)CCN(C)C(=O)c1sc2ccc(Cl)cc2c1N. The van der Waals surface area contributed by atoms with Gasteiger partial charge in [-0.3, -0.25) is 4.79 Å². The number of hydrogen-bond donors (Lipinski definition) is 2. The van der Waals surface area contributed by atoms with Crippen LogP contribution in [0.15, 0.2) is 18.2 Å². The molecule has 4 nitrogen and oxygen atoms in total. The van der Waals surface area contributed by atoms with Crippen molar-refractivity contribution in [2.45, 2.75) is 19.4 Å². The maximum Gasteiger partial charge on any atom is 0.265 e. The number of nitrogens with two attached hydrogens (primary N) is 1. The van der Waals surface area contributed by atoms with E-state index >= 15 is 0 Å². The van der Waals surface area contributed by atoms with Crippen molar-refractivity contribution in [1.29, 1.82) is 0 Å². The Morgan fingerprint density at radius 2 is 2.25 bits per heavy atom. The number of aliphatic hydroxyl groups excluding tert-OH is 1. The van der Waals surface area contributed by atoms with Crippen molar-refractivity contribution < 1.29 is 9.90 Å². The molecule has 0 bridgehead atoms. The van der Waals surface area contributed by atoms with Gasteiger partial charge in [0.2, 0.25) is 0 Å². The van der Waals surface area contributed by atoms with E-state index in [0.29, 0.717) is 28.6 Å². The van der Waals surface area contributed by atoms with Gasteiger partial charge in [0.05, 0.1) is 11.8 Å². The lowest BCUT2D eigenvalue weighted by Crippen LogP contribution is -2.29. The van der Waals surface area contributed by atoms with Crippen molar-refractivity contribution in [1.82, 2.24) is 4.90 Å². The van der Waals surface area contributed by atoms with E-state index < -0.39 is 6.10 Å². The normalized spacial score (nSPS) is 12.6. The fourth-order valence-electron chi connectivity index (χ4n) is 1.90. The van der Waals surface area contributed by atoms with Gasteiger partial charge in [-0.15, -0.1) is 11.3 Å². The van der Waals surface area contributed by atoms with Gasteiger partial charge in [0.1, 0.15) is 4.88 Å². The molecule has 1 atom stereocenters. The molecule has 0 saturated carbocycles. The van der Waals surface area contributed by atoms with Gasteiger partial charge in [-0.2, -0.15) is 0 Å². The third-order valence-corrected chi connectivity index (χ3v) is 4.52. The molecule has 1 amide bonds. The van der Waals surface area contributed by atoms with Crippen molar-refractivity contribution in [2.24, 2.45) is 0 Å². The fraction of sp³-hybridized carbons (Fsp3) is 0.357. The molecular weight excluding hydrogens is 296 g/mol. The Kier molecular flexibility index (Phi) is 4.52. The molecule has 0 saturated heterocycles. The zero-order chi connectivity index (χ0) is 14.9. The number of benzene rings is 1. The van der Waals surface area contributed by atoms with Crippen LogP contribution in [0.25, 0.3) is 10.1 Å². The third-order valence-electron chi connectivity index (χ3n) is 3.11. The number of nitrogen functional groups attached to an aromatic ring is 1. The van der Waals surface area contributed by atoms with E-state index in [9.17, 15) is 9.90 Å². The minimum absolute atomic E-state index is 0.125. The minimum atomic E-state index is -0.427. The van der Waals surface area contributed by atoms with Crippen molar-refractivity contribution in [3.8, 4) is 0 Å². The highest BCUT2D eigenvalue weighted by Gasteiger charge is 2.20. The number of nitrogens with zero attached hydrogens (tertiary/aromatic N) is 1. The maximum atomic E-state index is 12.4. The van der Waals surface area contributed by atoms with E-state index in [2.05, 4.69) is 0 Å². The molecule has 1 aromatic carbocycles. The fourth-order valence-corrected chi connectivity index (χ4v) is 3.17. The van der Waals surface area contributed by atoms with Crippen LogP contribution in [0, 0.1) is 0 Å². The summed E-state index contributed by atoms with van der Waals surface area (Å²) in [5.74, 6) is -0.125. The molecule has 0 aliphatic carbocycles. The molecule has 1 aromatic heterocycles. The van der Waals surface area contributed by atoms with Crippen molar-refractivity contribution in [3.63, 3.8) is 0 Å². The smallest absolute Gasteiger partial charge is 0.265 e. The van der Waals surface area contributed by atoms with Gasteiger partial charge in [0, 0.05) is 28.7 Å². The van der Waals surface area contributed by atoms with E-state index in [1.54, 1.807) is 31.0 Å². The van der Waals surface area contributed by atoms with Gasteiger partial charge in [-0.05, 0) is 31.5 Å². The van der Waals surface area contributed by atoms with Crippen molar-refractivity contribution in [3.05, 3.63) is 28.1 Å². The van der Waals surface area contributed by atoms with Gasteiger partial charge >= 0.3 is 0 Å². The maximum absolute atomic E-state index is 12.4. The second kappa shape index (κ2) is 5.99. The number of amides is 1. The largest absolute Gasteiger partial charge is 0.397 e. The van der Waals surface area contributed by atoms with Crippen LogP contribution in [0.2, 0.25) is 5.02 Å². The average molecular weight is 313 g/mol. The van der Waals surface area contributed by atoms with Gasteiger partial charge in [0.25, 0.3) is 5.91 Å². The summed E-state index contributed by atoms with van der Waals surface area (Å²) < 4.78 is 0.944. The Bertz CT molecular complexity index is 639. The number of hydrogen-bond acceptors (Lipinski definition) is 4. The first-order chi connectivity index (χ1) is 9.40. The monoisotopic (exact) mass is 312 g/mol. The molecule has 20 heavy (non-hydrogen) atoms. The van der Waals surface area contributed by atoms with Gasteiger partial charge < -0.3 is 15.7 Å². The Labute approximate surface area is 126 Å². The lowest BCUT2D eigenvalue weighted by atomic mass is 10.2. The molecule has 1 unspecified atom stereocenters. The van der Waals surface area contributed by atoms with Gasteiger partial charge in [-0.25, -0.2) is 0 Å². The van der Waals surface area contributed by atoms with E-state index in [4.69, 9.17) is 17.3 Å². The zero-order valence-electron chi connectivity index (χ0n) is 11.4. The summed E-state index contributed by atoms with van der Waals surface area (Å²) in [6.45, 7) is 2.19. The topological polar surface area (TPSA) is 66.6 Å². The van der Waals surface area contributed by atoms with Gasteiger partial charge in [-0.1, -0.05) is 11.6 Å². The second-order valence-corrected chi connectivity index (χ2v) is 6.34. The summed E-state index contributed by atoms with van der Waals surface area (Å²) in [5.41, 5.74) is 6.53. The number of aliphatic hydroxyl groups is 1. The summed E-state index contributed by atoms with van der Waals surface area (Å²) in [6.07, 6.45) is 0.114. The zero-order valence-corrected chi connectivity index (χ0v) is 13.0. The molecule has 3 N–H and O–H groups in total. The number of fused-ring (bicyclic) bond motifs is 1. The summed E-state index contributed by atoms with van der Waals surface area (Å²) >= 11 is 7.32. The van der Waals surface area contributed by atoms with Crippen LogP contribution in [0.4, 0.5) is 5.69 Å². The Morgan fingerprint density at radius 1 is 1.55 bits per heavy atom. The summed E-state index contributed by atoms with van der Waals surface area (Å²) in [6, 6.07) is 5.42. The van der Waals surface area contributed by atoms with E-state index in [-0.39, 0.29) is 5.91 Å². The number of carbonyl (C=O) groups excluding carboxylic acids is 1. The van der Waals surface area contributed by atoms with Crippen LogP contribution >= 0.6 is 22.9 Å². The highest BCUT2D eigenvalue weighted by Crippen LogP contribution is 2.35. The molecule has 0 fully saturated rings. The quantitative estimate of drug-likeness (QED) is 0.912. The molecule has 0 spiro atoms. The average Bonchev–Trinajstić information content (AvgIpc) is 2.72. The number of carbonyl (C=O) groups is 1. The van der Waals surface area contributed by atoms with E-state index in [0.717, 1.165) is 10.1 Å². The van der Waals surface area contributed by atoms with E-state index in [1.807, 2.05) is 6.07 Å². The summed E-state index contributed by atoms with van der Waals surface area (Å²) in [4.78, 5) is 14.5. The first-order valence-corrected chi connectivity index (χ1v) is 7.50. The van der Waals surface area contributed by atoms with Crippen LogP contribution < -0.4 is 5.73 Å². The highest BCUT2D eigenvalue weighted by molar-refractivity contribution is 7.21. The van der Waals surface area contributed by atoms with Gasteiger partial charge in [0.15, 0.2) is 0 Å². The highest BCUT2D eigenvalue weighted by atomic mass is 35.5. The molecule has 2 aromatic rings. The molecule has 2 rings (SSSR count). The van der Waals surface area contributed by atoms with Crippen LogP contribution in [-0.4, -0.2) is 35.6 Å². The predicted octanol–water partition coefficient (Wildman–Crippen LogP) is 2.98. The van der Waals surface area contributed by atoms with Crippen LogP contribution in [0.5, 0.6) is 0 Å². The molecule has 0 radical (unpaired) electrons. The van der Waals surface area contributed by atoms with Crippen LogP contribution in [0.1, 0.15) is 23.0 Å². The molecular formula is C14H17ClN2O2S. The minimum Gasteiger partial charge on any atom is -0.397 e. The summed E-state index contributed by atoms with van der Waals surface area (Å²) in [5, 5.41) is 10.7. The molecule has 0 aliphatic rings. The Balaban J connectivity index is 2.28. The lowest BCUT2D eigenvalue weighted by molar-refractivity contribution is 0.0774. The van der Waals surface area contributed by atoms with Crippen molar-refractivity contribution in [2.75, 3.05) is 19.3 Å². The standard InChI is InChI=1S/C14H17ClN2O2S/c1-8(18)5-6-17(2)14(19)13-12(16)10-7-9(15)3-4-11(10)20-13/h3-4,7-8,18H,5-6,16H2,1-2H3.